The third kappa shape index (κ3) is 10.7. The largest absolute Gasteiger partial charge is 0.342 e. The topological polar surface area (TPSA) is 72.7 Å². The van der Waals surface area contributed by atoms with Crippen molar-refractivity contribution in [3.05, 3.63) is 0 Å². The first-order valence-corrected chi connectivity index (χ1v) is 1.42. The van der Waals surface area contributed by atoms with E-state index in [0.29, 0.717) is 0 Å². The van der Waals surface area contributed by atoms with Crippen molar-refractivity contribution < 1.29 is 34.8 Å². The summed E-state index contributed by atoms with van der Waals surface area (Å²) in [5, 5.41) is 25.3. The van der Waals surface area contributed by atoms with Crippen LogP contribution in [0.3, 0.4) is 0 Å². The first kappa shape index (κ1) is 10.4. The molecule has 0 bridgehead atoms. The molecule has 0 saturated carbocycles. The molecule has 7 heavy (non-hydrogen) atoms. The van der Waals surface area contributed by atoms with Crippen LogP contribution >= 0.6 is 0 Å². The normalized spacial score (nSPS) is 10.3. The molecule has 4 nitrogen and oxygen atoms in total. The number of hydrogen-bond acceptors (Lipinski definition) is 4. The van der Waals surface area contributed by atoms with Crippen LogP contribution in [0.25, 0.3) is 0 Å². The minimum absolute atomic E-state index is 0. The molecule has 0 radical (unpaired) electrons. The molecule has 0 rings (SSSR count). The predicted octanol–water partition coefficient (Wildman–Crippen LogP) is -2.21. The van der Waals surface area contributed by atoms with E-state index in [9.17, 15) is 0 Å². The molecule has 0 aromatic heterocycles. The van der Waals surface area contributed by atoms with Gasteiger partial charge in [0, 0.05) is 19.5 Å². The van der Waals surface area contributed by atoms with Gasteiger partial charge in [0.2, 0.25) is 0 Å². The first-order valence-electron chi connectivity index (χ1n) is 1.42. The van der Waals surface area contributed by atoms with Crippen LogP contribution in [0.4, 0.5) is 0 Å². The van der Waals surface area contributed by atoms with Crippen LogP contribution in [0.2, 0.25) is 0 Å². The van der Waals surface area contributed by atoms with Crippen LogP contribution in [0, 0.1) is 0 Å². The Morgan fingerprint density at radius 1 is 1.29 bits per heavy atom. The van der Waals surface area contributed by atoms with Crippen LogP contribution in [-0.4, -0.2) is 28.5 Å². The molecule has 4 N–H and O–H groups in total. The summed E-state index contributed by atoms with van der Waals surface area (Å²) in [6.45, 7) is 0. The SMILES string of the molecule is CNC(O)(O)O.[Ru]. The van der Waals surface area contributed by atoms with Gasteiger partial charge in [-0.2, -0.15) is 0 Å². The van der Waals surface area contributed by atoms with Gasteiger partial charge in [0.05, 0.1) is 0 Å². The van der Waals surface area contributed by atoms with Gasteiger partial charge in [-0.3, -0.25) is 0 Å². The van der Waals surface area contributed by atoms with E-state index in [1.807, 2.05) is 0 Å². The molecule has 0 saturated heterocycles. The molecule has 46 valence electrons. The summed E-state index contributed by atoms with van der Waals surface area (Å²) < 4.78 is 0. The number of nitrogens with one attached hydrogen (secondary N) is 1. The van der Waals surface area contributed by atoms with E-state index >= 15 is 0 Å². The first-order chi connectivity index (χ1) is 2.56. The molecule has 0 aromatic carbocycles. The molecule has 5 heteroatoms. The van der Waals surface area contributed by atoms with Gasteiger partial charge in [-0.15, -0.1) is 0 Å². The van der Waals surface area contributed by atoms with Crippen molar-refractivity contribution in [3.8, 4) is 0 Å². The molecule has 0 atom stereocenters. The molecular weight excluding hydrogens is 187 g/mol. The summed E-state index contributed by atoms with van der Waals surface area (Å²) in [5.41, 5.74) is 0. The Bertz CT molecular complexity index is 42.7. The van der Waals surface area contributed by atoms with Crippen LogP contribution < -0.4 is 5.32 Å². The van der Waals surface area contributed by atoms with E-state index in [2.05, 4.69) is 0 Å². The molecule has 0 unspecified atom stereocenters. The molecule has 0 aliphatic rings. The van der Waals surface area contributed by atoms with E-state index in [1.165, 1.54) is 7.05 Å². The Morgan fingerprint density at radius 2 is 1.43 bits per heavy atom. The van der Waals surface area contributed by atoms with Gasteiger partial charge in [-0.05, 0) is 7.05 Å². The van der Waals surface area contributed by atoms with Gasteiger partial charge in [-0.25, -0.2) is 5.32 Å². The minimum atomic E-state index is -2.71. The number of rotatable bonds is 1. The van der Waals surface area contributed by atoms with Gasteiger partial charge in [0.25, 0.3) is 0 Å². The van der Waals surface area contributed by atoms with Crippen molar-refractivity contribution in [2.45, 2.75) is 6.10 Å². The molecule has 0 amide bonds. The molecular formula is C2H7NO3Ru. The smallest absolute Gasteiger partial charge is 0.330 e. The summed E-state index contributed by atoms with van der Waals surface area (Å²) in [6.07, 6.45) is -2.71. The fourth-order valence-corrected chi connectivity index (χ4v) is 0. The van der Waals surface area contributed by atoms with Gasteiger partial charge < -0.3 is 15.3 Å². The van der Waals surface area contributed by atoms with Gasteiger partial charge in [0.1, 0.15) is 0 Å². The number of hydrogen-bond donors (Lipinski definition) is 4. The second-order valence-electron chi connectivity index (χ2n) is 0.885. The zero-order valence-corrected chi connectivity index (χ0v) is 5.43. The van der Waals surface area contributed by atoms with E-state index in [1.54, 1.807) is 5.32 Å². The summed E-state index contributed by atoms with van der Waals surface area (Å²) in [5.74, 6) is 0. The fraction of sp³-hybridized carbons (Fsp3) is 1.00. The fourth-order valence-electron chi connectivity index (χ4n) is 0. The summed E-state index contributed by atoms with van der Waals surface area (Å²) in [7, 11) is 1.21. The van der Waals surface area contributed by atoms with Crippen molar-refractivity contribution in [1.29, 1.82) is 0 Å². The Labute approximate surface area is 53.9 Å². The van der Waals surface area contributed by atoms with Crippen LogP contribution in [0.1, 0.15) is 0 Å². The summed E-state index contributed by atoms with van der Waals surface area (Å²) in [4.78, 5) is 0. The van der Waals surface area contributed by atoms with Gasteiger partial charge in [-0.1, -0.05) is 0 Å². The van der Waals surface area contributed by atoms with Gasteiger partial charge in [0.15, 0.2) is 0 Å². The molecule has 0 fully saturated rings. The Morgan fingerprint density at radius 3 is 1.43 bits per heavy atom. The third-order valence-corrected chi connectivity index (χ3v) is 0.335. The maximum Gasteiger partial charge on any atom is 0.342 e. The predicted molar refractivity (Wildman–Crippen MR) is 18.4 cm³/mol. The average Bonchev–Trinajstić information content (AvgIpc) is 1.35. The van der Waals surface area contributed by atoms with E-state index in [-0.39, 0.29) is 19.5 Å². The number of aliphatic hydroxyl groups is 3. The van der Waals surface area contributed by atoms with E-state index in [0.717, 1.165) is 0 Å². The Hall–Kier alpha value is 0.463. The molecule has 0 aliphatic heterocycles. The maximum atomic E-state index is 7.83. The van der Waals surface area contributed by atoms with Crippen molar-refractivity contribution in [3.63, 3.8) is 0 Å². The maximum absolute atomic E-state index is 7.83. The molecule has 0 heterocycles. The Kier molecular flexibility index (Phi) is 5.17. The van der Waals surface area contributed by atoms with Crippen LogP contribution in [-0.2, 0) is 19.5 Å². The molecule has 0 aliphatic carbocycles. The van der Waals surface area contributed by atoms with Crippen molar-refractivity contribution >= 4 is 0 Å². The standard InChI is InChI=1S/C2H7NO3.Ru/c1-3-2(4,5)6;/h3-6H,1H3;. The van der Waals surface area contributed by atoms with Crippen molar-refractivity contribution in [2.24, 2.45) is 0 Å². The van der Waals surface area contributed by atoms with Crippen molar-refractivity contribution in [2.75, 3.05) is 7.05 Å². The van der Waals surface area contributed by atoms with E-state index in [4.69, 9.17) is 15.3 Å². The minimum Gasteiger partial charge on any atom is -0.330 e. The van der Waals surface area contributed by atoms with Gasteiger partial charge >= 0.3 is 6.10 Å². The average molecular weight is 194 g/mol. The zero-order valence-electron chi connectivity index (χ0n) is 3.70. The second kappa shape index (κ2) is 3.46. The molecule has 0 spiro atoms. The third-order valence-electron chi connectivity index (χ3n) is 0.335. The summed E-state index contributed by atoms with van der Waals surface area (Å²) >= 11 is 0. The second-order valence-corrected chi connectivity index (χ2v) is 0.885. The molecule has 0 aromatic rings. The zero-order chi connectivity index (χ0) is 5.21. The van der Waals surface area contributed by atoms with E-state index < -0.39 is 6.10 Å². The summed E-state index contributed by atoms with van der Waals surface area (Å²) in [6, 6.07) is 0. The van der Waals surface area contributed by atoms with Crippen LogP contribution in [0.5, 0.6) is 0 Å². The van der Waals surface area contributed by atoms with Crippen molar-refractivity contribution in [1.82, 2.24) is 5.32 Å². The van der Waals surface area contributed by atoms with Crippen LogP contribution in [0.15, 0.2) is 0 Å². The monoisotopic (exact) mass is 195 g/mol. The Balaban J connectivity index is 0. The quantitative estimate of drug-likeness (QED) is 0.282.